The van der Waals surface area contributed by atoms with Crippen LogP contribution in [-0.2, 0) is 7.05 Å². The Balaban J connectivity index is 2.08. The third-order valence-electron chi connectivity index (χ3n) is 3.04. The van der Waals surface area contributed by atoms with Crippen LogP contribution < -0.4 is 5.76 Å². The molecule has 0 saturated carbocycles. The summed E-state index contributed by atoms with van der Waals surface area (Å²) in [5.41, 5.74) is 2.72. The Kier molecular flexibility index (Phi) is 3.08. The number of hydrogen-bond donors (Lipinski definition) is 1. The van der Waals surface area contributed by atoms with E-state index in [1.165, 1.54) is 15.9 Å². The molecule has 4 nitrogen and oxygen atoms in total. The monoisotopic (exact) mass is 339 g/mol. The van der Waals surface area contributed by atoms with Gasteiger partial charge in [-0.15, -0.1) is 11.3 Å². The largest absolute Gasteiger partial charge is 0.419 e. The number of fused-ring (bicyclic) bond motifs is 1. The number of rotatable bonds is 2. The molecule has 0 spiro atoms. The lowest BCUT2D eigenvalue weighted by atomic mass is 10.0. The number of nitrogens with zero attached hydrogens (tertiary/aromatic N) is 1. The molecule has 1 N–H and O–H groups in total. The van der Waals surface area contributed by atoms with Gasteiger partial charge < -0.3 is 9.52 Å². The number of oxazole rings is 1. The second-order valence-electron chi connectivity index (χ2n) is 4.24. The molecule has 0 aliphatic carbocycles. The summed E-state index contributed by atoms with van der Waals surface area (Å²) in [6.45, 7) is 0. The first-order chi connectivity index (χ1) is 9.06. The predicted molar refractivity (Wildman–Crippen MR) is 77.5 cm³/mol. The number of halogens is 1. The molecule has 0 fully saturated rings. The van der Waals surface area contributed by atoms with Crippen LogP contribution in [0, 0.1) is 0 Å². The topological polar surface area (TPSA) is 55.4 Å². The van der Waals surface area contributed by atoms with E-state index in [0.717, 1.165) is 9.35 Å². The molecule has 3 aromatic rings. The maximum atomic E-state index is 11.4. The Morgan fingerprint density at radius 3 is 2.84 bits per heavy atom. The van der Waals surface area contributed by atoms with Gasteiger partial charge >= 0.3 is 5.76 Å². The zero-order valence-electron chi connectivity index (χ0n) is 9.96. The number of benzene rings is 1. The molecule has 0 radical (unpaired) electrons. The van der Waals surface area contributed by atoms with Crippen molar-refractivity contribution in [3.63, 3.8) is 0 Å². The fraction of sp³-hybridized carbons (Fsp3) is 0.154. The Bertz CT molecular complexity index is 802. The highest BCUT2D eigenvalue weighted by molar-refractivity contribution is 9.11. The summed E-state index contributed by atoms with van der Waals surface area (Å²) in [4.78, 5) is 11.4. The van der Waals surface area contributed by atoms with Gasteiger partial charge in [-0.25, -0.2) is 4.79 Å². The number of aliphatic hydroxyl groups excluding tert-OH is 1. The number of hydrogen-bond acceptors (Lipinski definition) is 4. The van der Waals surface area contributed by atoms with Crippen molar-refractivity contribution < 1.29 is 9.52 Å². The second-order valence-corrected chi connectivity index (χ2v) is 6.53. The van der Waals surface area contributed by atoms with Gasteiger partial charge in [0, 0.05) is 7.05 Å². The highest BCUT2D eigenvalue weighted by atomic mass is 79.9. The summed E-state index contributed by atoms with van der Waals surface area (Å²) >= 11 is 4.89. The third kappa shape index (κ3) is 2.16. The van der Waals surface area contributed by atoms with Gasteiger partial charge in [0.05, 0.1) is 9.30 Å². The van der Waals surface area contributed by atoms with Gasteiger partial charge in [0.25, 0.3) is 0 Å². The van der Waals surface area contributed by atoms with Crippen LogP contribution in [-0.4, -0.2) is 9.67 Å². The quantitative estimate of drug-likeness (QED) is 0.780. The van der Waals surface area contributed by atoms with Crippen molar-refractivity contribution in [2.24, 2.45) is 7.05 Å². The molecule has 0 bridgehead atoms. The van der Waals surface area contributed by atoms with Gasteiger partial charge in [-0.05, 0) is 50.6 Å². The molecule has 0 aliphatic rings. The molecule has 0 saturated heterocycles. The summed E-state index contributed by atoms with van der Waals surface area (Å²) in [5, 5.41) is 12.2. The molecule has 0 aliphatic heterocycles. The van der Waals surface area contributed by atoms with Crippen molar-refractivity contribution in [3.8, 4) is 0 Å². The predicted octanol–water partition coefficient (Wildman–Crippen LogP) is 3.04. The minimum atomic E-state index is -0.725. The number of thiophene rings is 1. The van der Waals surface area contributed by atoms with Crippen molar-refractivity contribution in [3.05, 3.63) is 55.1 Å². The Morgan fingerprint density at radius 1 is 1.37 bits per heavy atom. The standard InChI is InChI=1S/C13H10BrNO3S/c1-15-9-3-2-7(4-10(9)18-13(15)17)12(16)8-5-11(14)19-6-8/h2-6,12,16H,1H3. The lowest BCUT2D eigenvalue weighted by Gasteiger charge is -2.08. The zero-order valence-corrected chi connectivity index (χ0v) is 12.4. The summed E-state index contributed by atoms with van der Waals surface area (Å²) in [6.07, 6.45) is -0.725. The molecule has 6 heteroatoms. The highest BCUT2D eigenvalue weighted by Crippen LogP contribution is 2.30. The average Bonchev–Trinajstić information content (AvgIpc) is 2.94. The Morgan fingerprint density at radius 2 is 2.16 bits per heavy atom. The Hall–Kier alpha value is -1.37. The maximum Gasteiger partial charge on any atom is 0.419 e. The van der Waals surface area contributed by atoms with Crippen molar-refractivity contribution in [2.75, 3.05) is 0 Å². The number of aliphatic hydroxyl groups is 1. The van der Waals surface area contributed by atoms with E-state index < -0.39 is 11.9 Å². The summed E-state index contributed by atoms with van der Waals surface area (Å²) in [6, 6.07) is 7.15. The van der Waals surface area contributed by atoms with E-state index in [1.807, 2.05) is 11.4 Å². The van der Waals surface area contributed by atoms with E-state index >= 15 is 0 Å². The van der Waals surface area contributed by atoms with Crippen LogP contribution in [0.3, 0.4) is 0 Å². The van der Waals surface area contributed by atoms with Gasteiger partial charge in [-0.3, -0.25) is 4.57 Å². The van der Waals surface area contributed by atoms with E-state index in [4.69, 9.17) is 4.42 Å². The van der Waals surface area contributed by atoms with Crippen LogP contribution in [0.2, 0.25) is 0 Å². The summed E-state index contributed by atoms with van der Waals surface area (Å²) in [7, 11) is 1.65. The molecular formula is C13H10BrNO3S. The maximum absolute atomic E-state index is 11.4. The van der Waals surface area contributed by atoms with Crippen LogP contribution in [0.25, 0.3) is 11.1 Å². The van der Waals surface area contributed by atoms with Crippen LogP contribution >= 0.6 is 27.3 Å². The summed E-state index contributed by atoms with van der Waals surface area (Å²) < 4.78 is 7.52. The van der Waals surface area contributed by atoms with E-state index in [1.54, 1.807) is 25.2 Å². The van der Waals surface area contributed by atoms with E-state index in [2.05, 4.69) is 15.9 Å². The van der Waals surface area contributed by atoms with Gasteiger partial charge in [0.15, 0.2) is 5.58 Å². The van der Waals surface area contributed by atoms with E-state index in [9.17, 15) is 9.90 Å². The highest BCUT2D eigenvalue weighted by Gasteiger charge is 2.14. The zero-order chi connectivity index (χ0) is 13.6. The fourth-order valence-electron chi connectivity index (χ4n) is 1.98. The first kappa shape index (κ1) is 12.7. The summed E-state index contributed by atoms with van der Waals surface area (Å²) in [5.74, 6) is -0.403. The lowest BCUT2D eigenvalue weighted by Crippen LogP contribution is -2.08. The molecule has 3 rings (SSSR count). The van der Waals surface area contributed by atoms with Crippen LogP contribution in [0.1, 0.15) is 17.2 Å². The average molecular weight is 340 g/mol. The SMILES string of the molecule is Cn1c(=O)oc2cc(C(O)c3csc(Br)c3)ccc21. The van der Waals surface area contributed by atoms with E-state index in [0.29, 0.717) is 16.7 Å². The molecule has 1 atom stereocenters. The van der Waals surface area contributed by atoms with Crippen LogP contribution in [0.15, 0.2) is 42.6 Å². The van der Waals surface area contributed by atoms with Crippen molar-refractivity contribution >= 4 is 38.4 Å². The molecule has 2 heterocycles. The molecule has 19 heavy (non-hydrogen) atoms. The van der Waals surface area contributed by atoms with Crippen molar-refractivity contribution in [2.45, 2.75) is 6.10 Å². The van der Waals surface area contributed by atoms with Crippen LogP contribution in [0.5, 0.6) is 0 Å². The van der Waals surface area contributed by atoms with E-state index in [-0.39, 0.29) is 0 Å². The number of aryl methyl sites for hydroxylation is 1. The van der Waals surface area contributed by atoms with Gasteiger partial charge in [-0.2, -0.15) is 0 Å². The molecule has 0 amide bonds. The smallest absolute Gasteiger partial charge is 0.408 e. The van der Waals surface area contributed by atoms with Gasteiger partial charge in [-0.1, -0.05) is 6.07 Å². The van der Waals surface area contributed by atoms with Gasteiger partial charge in [0.1, 0.15) is 6.10 Å². The second kappa shape index (κ2) is 4.63. The Labute approximate surface area is 121 Å². The first-order valence-electron chi connectivity index (χ1n) is 5.58. The molecule has 1 aromatic carbocycles. The molecular weight excluding hydrogens is 330 g/mol. The minimum absolute atomic E-state index is 0.403. The number of aromatic nitrogens is 1. The first-order valence-corrected chi connectivity index (χ1v) is 7.25. The van der Waals surface area contributed by atoms with Crippen molar-refractivity contribution in [1.29, 1.82) is 0 Å². The fourth-order valence-corrected chi connectivity index (χ4v) is 3.17. The van der Waals surface area contributed by atoms with Crippen molar-refractivity contribution in [1.82, 2.24) is 4.57 Å². The molecule has 1 unspecified atom stereocenters. The lowest BCUT2D eigenvalue weighted by molar-refractivity contribution is 0.221. The normalized spacial score (nSPS) is 13.0. The van der Waals surface area contributed by atoms with Gasteiger partial charge in [0.2, 0.25) is 0 Å². The van der Waals surface area contributed by atoms with Crippen LogP contribution in [0.4, 0.5) is 0 Å². The minimum Gasteiger partial charge on any atom is -0.408 e. The third-order valence-corrected chi connectivity index (χ3v) is 4.56. The molecule has 98 valence electrons. The molecule has 2 aromatic heterocycles.